The molecule has 0 amide bonds. The predicted octanol–water partition coefficient (Wildman–Crippen LogP) is 0.811. The molecular weight excluding hydrogens is 170 g/mol. The largest absolute Gasteiger partial charge is 0.506 e. The molecule has 0 radical (unpaired) electrons. The maximum absolute atomic E-state index is 11.2. The standard InChI is InChI=1S/C9H11NO3/c1-5-8(12)4-7(10(5)3)9(13)6(2)11/h4,12H,1-3H3. The van der Waals surface area contributed by atoms with E-state index in [4.69, 9.17) is 0 Å². The third-order valence-electron chi connectivity index (χ3n) is 2.06. The Bertz CT molecular complexity index is 376. The normalized spacial score (nSPS) is 10.1. The van der Waals surface area contributed by atoms with Crippen molar-refractivity contribution in [3.05, 3.63) is 17.5 Å². The van der Waals surface area contributed by atoms with E-state index >= 15 is 0 Å². The number of carbonyl (C=O) groups excluding carboxylic acids is 2. The van der Waals surface area contributed by atoms with Crippen molar-refractivity contribution in [2.75, 3.05) is 0 Å². The summed E-state index contributed by atoms with van der Waals surface area (Å²) in [6, 6.07) is 1.30. The molecule has 1 rings (SSSR count). The lowest BCUT2D eigenvalue weighted by Crippen LogP contribution is -2.14. The number of ketones is 2. The van der Waals surface area contributed by atoms with Crippen LogP contribution in [0.25, 0.3) is 0 Å². The average Bonchev–Trinajstić information content (AvgIpc) is 2.31. The fraction of sp³-hybridized carbons (Fsp3) is 0.333. The zero-order chi connectivity index (χ0) is 10.2. The second-order valence-electron chi connectivity index (χ2n) is 2.94. The maximum Gasteiger partial charge on any atom is 0.244 e. The summed E-state index contributed by atoms with van der Waals surface area (Å²) >= 11 is 0. The number of aromatic nitrogens is 1. The SMILES string of the molecule is CC(=O)C(=O)c1cc(O)c(C)n1C. The highest BCUT2D eigenvalue weighted by molar-refractivity contribution is 6.42. The quantitative estimate of drug-likeness (QED) is 0.542. The summed E-state index contributed by atoms with van der Waals surface area (Å²) in [5, 5.41) is 9.27. The molecule has 0 aliphatic carbocycles. The number of aromatic hydroxyl groups is 1. The molecule has 1 N–H and O–H groups in total. The molecule has 0 aliphatic rings. The van der Waals surface area contributed by atoms with Gasteiger partial charge in [0.1, 0.15) is 5.75 Å². The Morgan fingerprint density at radius 3 is 2.31 bits per heavy atom. The minimum absolute atomic E-state index is 0.0344. The molecule has 0 atom stereocenters. The van der Waals surface area contributed by atoms with E-state index in [1.54, 1.807) is 14.0 Å². The number of hydrogen-bond donors (Lipinski definition) is 1. The number of Topliss-reactive ketones (excluding diaryl/α,β-unsaturated/α-hetero) is 2. The van der Waals surface area contributed by atoms with Crippen LogP contribution in [-0.2, 0) is 11.8 Å². The first-order chi connectivity index (χ1) is 5.95. The first-order valence-electron chi connectivity index (χ1n) is 3.85. The van der Waals surface area contributed by atoms with Gasteiger partial charge in [0.2, 0.25) is 11.6 Å². The second kappa shape index (κ2) is 3.05. The Balaban J connectivity index is 3.24. The van der Waals surface area contributed by atoms with E-state index in [-0.39, 0.29) is 11.4 Å². The van der Waals surface area contributed by atoms with Gasteiger partial charge in [0.15, 0.2) is 0 Å². The molecule has 0 saturated carbocycles. The van der Waals surface area contributed by atoms with Crippen molar-refractivity contribution < 1.29 is 14.7 Å². The molecule has 1 aromatic heterocycles. The van der Waals surface area contributed by atoms with Crippen molar-refractivity contribution in [1.82, 2.24) is 4.57 Å². The zero-order valence-electron chi connectivity index (χ0n) is 7.79. The Labute approximate surface area is 75.8 Å². The van der Waals surface area contributed by atoms with Crippen molar-refractivity contribution >= 4 is 11.6 Å². The third kappa shape index (κ3) is 1.47. The van der Waals surface area contributed by atoms with Crippen LogP contribution in [0.4, 0.5) is 0 Å². The van der Waals surface area contributed by atoms with E-state index in [1.807, 2.05) is 0 Å². The molecule has 13 heavy (non-hydrogen) atoms. The Hall–Kier alpha value is -1.58. The molecule has 4 heteroatoms. The van der Waals surface area contributed by atoms with Crippen molar-refractivity contribution in [2.45, 2.75) is 13.8 Å². The van der Waals surface area contributed by atoms with Gasteiger partial charge in [-0.25, -0.2) is 0 Å². The topological polar surface area (TPSA) is 59.3 Å². The summed E-state index contributed by atoms with van der Waals surface area (Å²) in [5.41, 5.74) is 0.798. The molecule has 0 aliphatic heterocycles. The number of carbonyl (C=O) groups is 2. The Morgan fingerprint density at radius 1 is 1.46 bits per heavy atom. The van der Waals surface area contributed by atoms with Gasteiger partial charge in [-0.05, 0) is 6.92 Å². The highest BCUT2D eigenvalue weighted by Crippen LogP contribution is 2.20. The summed E-state index contributed by atoms with van der Waals surface area (Å²) in [7, 11) is 1.63. The van der Waals surface area contributed by atoms with Crippen LogP contribution in [-0.4, -0.2) is 21.2 Å². The molecule has 1 aromatic rings. The minimum atomic E-state index is -0.578. The molecule has 70 valence electrons. The number of nitrogens with zero attached hydrogens (tertiary/aromatic N) is 1. The van der Waals surface area contributed by atoms with Crippen LogP contribution in [0.2, 0.25) is 0 Å². The molecule has 0 spiro atoms. The average molecular weight is 181 g/mol. The van der Waals surface area contributed by atoms with Gasteiger partial charge >= 0.3 is 0 Å². The summed E-state index contributed by atoms with van der Waals surface area (Å²) in [6.07, 6.45) is 0. The first-order valence-corrected chi connectivity index (χ1v) is 3.85. The molecule has 1 heterocycles. The fourth-order valence-corrected chi connectivity index (χ4v) is 1.08. The van der Waals surface area contributed by atoms with Gasteiger partial charge in [-0.15, -0.1) is 0 Å². The lowest BCUT2D eigenvalue weighted by Gasteiger charge is -2.00. The second-order valence-corrected chi connectivity index (χ2v) is 2.94. The van der Waals surface area contributed by atoms with Crippen LogP contribution in [0.15, 0.2) is 6.07 Å². The molecular formula is C9H11NO3. The van der Waals surface area contributed by atoms with E-state index in [1.165, 1.54) is 17.6 Å². The van der Waals surface area contributed by atoms with Crippen LogP contribution < -0.4 is 0 Å². The number of hydrogen-bond acceptors (Lipinski definition) is 3. The van der Waals surface area contributed by atoms with Gasteiger partial charge in [0.25, 0.3) is 0 Å². The van der Waals surface area contributed by atoms with Crippen LogP contribution in [0.3, 0.4) is 0 Å². The van der Waals surface area contributed by atoms with Crippen molar-refractivity contribution in [1.29, 1.82) is 0 Å². The first kappa shape index (κ1) is 9.51. The highest BCUT2D eigenvalue weighted by Gasteiger charge is 2.18. The Kier molecular flexibility index (Phi) is 2.23. The van der Waals surface area contributed by atoms with E-state index in [9.17, 15) is 14.7 Å². The van der Waals surface area contributed by atoms with Crippen molar-refractivity contribution in [2.24, 2.45) is 7.05 Å². The van der Waals surface area contributed by atoms with Crippen LogP contribution in [0.1, 0.15) is 23.1 Å². The summed E-state index contributed by atoms with van der Waals surface area (Å²) < 4.78 is 1.50. The van der Waals surface area contributed by atoms with Gasteiger partial charge in [-0.2, -0.15) is 0 Å². The molecule has 0 aromatic carbocycles. The molecule has 0 fully saturated rings. The molecule has 0 unspecified atom stereocenters. The molecule has 0 saturated heterocycles. The van der Waals surface area contributed by atoms with Crippen LogP contribution in [0.5, 0.6) is 5.75 Å². The van der Waals surface area contributed by atoms with Crippen molar-refractivity contribution in [3.63, 3.8) is 0 Å². The summed E-state index contributed by atoms with van der Waals surface area (Å²) in [6.45, 7) is 2.88. The smallest absolute Gasteiger partial charge is 0.244 e. The van der Waals surface area contributed by atoms with E-state index in [2.05, 4.69) is 0 Å². The maximum atomic E-state index is 11.2. The molecule has 4 nitrogen and oxygen atoms in total. The summed E-state index contributed by atoms with van der Waals surface area (Å²) in [5.74, 6) is -1.07. The number of rotatable bonds is 2. The van der Waals surface area contributed by atoms with Gasteiger partial charge in [0, 0.05) is 20.0 Å². The van der Waals surface area contributed by atoms with Crippen molar-refractivity contribution in [3.8, 4) is 5.75 Å². The van der Waals surface area contributed by atoms with Gasteiger partial charge in [-0.1, -0.05) is 0 Å². The van der Waals surface area contributed by atoms with E-state index < -0.39 is 11.6 Å². The highest BCUT2D eigenvalue weighted by atomic mass is 16.3. The Morgan fingerprint density at radius 2 is 2.00 bits per heavy atom. The zero-order valence-corrected chi connectivity index (χ0v) is 7.79. The predicted molar refractivity (Wildman–Crippen MR) is 46.8 cm³/mol. The monoisotopic (exact) mass is 181 g/mol. The minimum Gasteiger partial charge on any atom is -0.506 e. The van der Waals surface area contributed by atoms with Gasteiger partial charge in [-0.3, -0.25) is 9.59 Å². The lowest BCUT2D eigenvalue weighted by molar-refractivity contribution is -0.113. The van der Waals surface area contributed by atoms with Gasteiger partial charge < -0.3 is 9.67 Å². The van der Waals surface area contributed by atoms with Crippen LogP contribution in [0, 0.1) is 6.92 Å². The van der Waals surface area contributed by atoms with E-state index in [0.717, 1.165) is 0 Å². The third-order valence-corrected chi connectivity index (χ3v) is 2.06. The van der Waals surface area contributed by atoms with Crippen LogP contribution >= 0.6 is 0 Å². The molecule has 0 bridgehead atoms. The lowest BCUT2D eigenvalue weighted by atomic mass is 10.2. The van der Waals surface area contributed by atoms with Gasteiger partial charge in [0.05, 0.1) is 11.4 Å². The fourth-order valence-electron chi connectivity index (χ4n) is 1.08. The van der Waals surface area contributed by atoms with E-state index in [0.29, 0.717) is 5.69 Å². The summed E-state index contributed by atoms with van der Waals surface area (Å²) in [4.78, 5) is 22.0.